The summed E-state index contributed by atoms with van der Waals surface area (Å²) in [5.41, 5.74) is -0.441. The second-order valence-corrected chi connectivity index (χ2v) is 7.97. The molecule has 1 aliphatic heterocycles. The Kier molecular flexibility index (Phi) is 4.39. The van der Waals surface area contributed by atoms with E-state index < -0.39 is 5.60 Å². The molecular formula is C18H22N2O4S. The van der Waals surface area contributed by atoms with Crippen molar-refractivity contribution in [3.8, 4) is 11.5 Å². The standard InChI is InChI=1S/C18H22N2O4S/c1-18(22,12-6-9-23-10-7-12)15-14(13-3-2-8-24-13)19-17(25-15)20-16(21)11-4-5-11/h2-3,8,11-12,22H,4-7,9-10H2,1H3,(H,19,20,21)/t18-/m0/s1. The van der Waals surface area contributed by atoms with Crippen LogP contribution in [0.5, 0.6) is 0 Å². The van der Waals surface area contributed by atoms with Crippen LogP contribution >= 0.6 is 11.3 Å². The van der Waals surface area contributed by atoms with E-state index in [1.165, 1.54) is 11.3 Å². The summed E-state index contributed by atoms with van der Waals surface area (Å²) in [6.07, 6.45) is 5.06. The molecule has 1 saturated heterocycles. The van der Waals surface area contributed by atoms with Gasteiger partial charge in [-0.3, -0.25) is 4.79 Å². The molecule has 1 amide bonds. The maximum atomic E-state index is 12.1. The summed E-state index contributed by atoms with van der Waals surface area (Å²) in [5.74, 6) is 0.806. The average Bonchev–Trinajstić information content (AvgIpc) is 3.16. The van der Waals surface area contributed by atoms with Crippen LogP contribution in [0, 0.1) is 11.8 Å². The van der Waals surface area contributed by atoms with Crippen LogP contribution in [0.3, 0.4) is 0 Å². The SMILES string of the molecule is C[C@@](O)(c1sc(NC(=O)C2CC2)nc1-c1ccco1)C1CCOCC1. The van der Waals surface area contributed by atoms with Crippen LogP contribution in [-0.4, -0.2) is 29.2 Å². The van der Waals surface area contributed by atoms with E-state index in [-0.39, 0.29) is 17.7 Å². The second kappa shape index (κ2) is 6.55. The summed E-state index contributed by atoms with van der Waals surface area (Å²) in [5, 5.41) is 14.7. The fraction of sp³-hybridized carbons (Fsp3) is 0.556. The number of hydrogen-bond acceptors (Lipinski definition) is 6. The minimum absolute atomic E-state index is 0.0111. The molecule has 1 saturated carbocycles. The highest BCUT2D eigenvalue weighted by Crippen LogP contribution is 2.45. The van der Waals surface area contributed by atoms with Gasteiger partial charge in [0, 0.05) is 19.1 Å². The topological polar surface area (TPSA) is 84.6 Å². The lowest BCUT2D eigenvalue weighted by Crippen LogP contribution is -2.35. The number of aliphatic hydroxyl groups is 1. The number of hydrogen-bond donors (Lipinski definition) is 2. The van der Waals surface area contributed by atoms with Gasteiger partial charge in [-0.25, -0.2) is 4.98 Å². The van der Waals surface area contributed by atoms with Crippen molar-refractivity contribution in [3.05, 3.63) is 23.3 Å². The molecule has 2 aliphatic rings. The molecule has 1 atom stereocenters. The molecule has 2 N–H and O–H groups in total. The fourth-order valence-electron chi connectivity index (χ4n) is 3.30. The Balaban J connectivity index is 1.68. The van der Waals surface area contributed by atoms with Crippen molar-refractivity contribution in [2.45, 2.75) is 38.2 Å². The van der Waals surface area contributed by atoms with Crippen LogP contribution in [0.15, 0.2) is 22.8 Å². The minimum Gasteiger partial charge on any atom is -0.463 e. The first-order valence-corrected chi connectivity index (χ1v) is 9.53. The number of anilines is 1. The smallest absolute Gasteiger partial charge is 0.229 e. The molecule has 0 spiro atoms. The van der Waals surface area contributed by atoms with Crippen LogP contribution in [0.1, 0.15) is 37.5 Å². The highest BCUT2D eigenvalue weighted by atomic mass is 32.1. The Morgan fingerprint density at radius 2 is 2.12 bits per heavy atom. The van der Waals surface area contributed by atoms with E-state index in [1.54, 1.807) is 12.3 Å². The average molecular weight is 362 g/mol. The fourth-order valence-corrected chi connectivity index (χ4v) is 4.39. The number of thiazole rings is 1. The maximum absolute atomic E-state index is 12.1. The molecular weight excluding hydrogens is 340 g/mol. The summed E-state index contributed by atoms with van der Waals surface area (Å²) in [4.78, 5) is 17.4. The molecule has 2 fully saturated rings. The largest absolute Gasteiger partial charge is 0.463 e. The molecule has 0 unspecified atom stereocenters. The molecule has 6 nitrogen and oxygen atoms in total. The molecule has 4 rings (SSSR count). The van der Waals surface area contributed by atoms with E-state index >= 15 is 0 Å². The zero-order valence-corrected chi connectivity index (χ0v) is 15.0. The first-order chi connectivity index (χ1) is 12.1. The number of nitrogens with one attached hydrogen (secondary N) is 1. The van der Waals surface area contributed by atoms with E-state index in [0.717, 1.165) is 30.6 Å². The van der Waals surface area contributed by atoms with Crippen LogP contribution in [-0.2, 0) is 15.1 Å². The van der Waals surface area contributed by atoms with Gasteiger partial charge < -0.3 is 19.6 Å². The summed E-state index contributed by atoms with van der Waals surface area (Å²) < 4.78 is 10.9. The molecule has 25 heavy (non-hydrogen) atoms. The van der Waals surface area contributed by atoms with Gasteiger partial charge in [0.25, 0.3) is 0 Å². The summed E-state index contributed by atoms with van der Waals surface area (Å²) in [6.45, 7) is 3.14. The van der Waals surface area contributed by atoms with Gasteiger partial charge in [-0.05, 0) is 50.7 Å². The Morgan fingerprint density at radius 1 is 1.36 bits per heavy atom. The van der Waals surface area contributed by atoms with Crippen molar-refractivity contribution in [2.24, 2.45) is 11.8 Å². The molecule has 7 heteroatoms. The molecule has 0 aromatic carbocycles. The summed E-state index contributed by atoms with van der Waals surface area (Å²) in [6, 6.07) is 3.62. The van der Waals surface area contributed by atoms with Gasteiger partial charge in [-0.15, -0.1) is 0 Å². The normalized spacial score (nSPS) is 21.0. The number of carbonyl (C=O) groups is 1. The maximum Gasteiger partial charge on any atom is 0.229 e. The first kappa shape index (κ1) is 16.8. The third-order valence-electron chi connectivity index (χ3n) is 5.04. The highest BCUT2D eigenvalue weighted by molar-refractivity contribution is 7.16. The van der Waals surface area contributed by atoms with E-state index in [4.69, 9.17) is 9.15 Å². The number of furan rings is 1. The Hall–Kier alpha value is -1.70. The Morgan fingerprint density at radius 3 is 2.76 bits per heavy atom. The molecule has 3 heterocycles. The van der Waals surface area contributed by atoms with Crippen LogP contribution in [0.4, 0.5) is 5.13 Å². The van der Waals surface area contributed by atoms with Crippen molar-refractivity contribution in [1.82, 2.24) is 4.98 Å². The molecule has 134 valence electrons. The van der Waals surface area contributed by atoms with Gasteiger partial charge in [0.15, 0.2) is 10.9 Å². The summed E-state index contributed by atoms with van der Waals surface area (Å²) >= 11 is 1.34. The third-order valence-corrected chi connectivity index (χ3v) is 6.23. The Bertz CT molecular complexity index is 743. The van der Waals surface area contributed by atoms with Gasteiger partial charge >= 0.3 is 0 Å². The van der Waals surface area contributed by atoms with Crippen molar-refractivity contribution in [2.75, 3.05) is 18.5 Å². The van der Waals surface area contributed by atoms with Crippen molar-refractivity contribution < 1.29 is 19.1 Å². The number of amides is 1. The quantitative estimate of drug-likeness (QED) is 0.852. The van der Waals surface area contributed by atoms with Crippen molar-refractivity contribution in [3.63, 3.8) is 0 Å². The van der Waals surface area contributed by atoms with Gasteiger partial charge in [0.05, 0.1) is 11.1 Å². The first-order valence-electron chi connectivity index (χ1n) is 8.72. The van der Waals surface area contributed by atoms with Gasteiger partial charge in [-0.1, -0.05) is 11.3 Å². The number of nitrogens with zero attached hydrogens (tertiary/aromatic N) is 1. The predicted octanol–water partition coefficient (Wildman–Crippen LogP) is 3.39. The van der Waals surface area contributed by atoms with Crippen molar-refractivity contribution in [1.29, 1.82) is 0 Å². The third kappa shape index (κ3) is 3.36. The number of ether oxygens (including phenoxy) is 1. The number of carbonyl (C=O) groups excluding carboxylic acids is 1. The number of aromatic nitrogens is 1. The van der Waals surface area contributed by atoms with E-state index in [2.05, 4.69) is 10.3 Å². The molecule has 2 aromatic heterocycles. The zero-order valence-electron chi connectivity index (χ0n) is 14.2. The van der Waals surface area contributed by atoms with Gasteiger partial charge in [0.2, 0.25) is 5.91 Å². The molecule has 0 radical (unpaired) electrons. The molecule has 2 aromatic rings. The minimum atomic E-state index is -1.05. The monoisotopic (exact) mass is 362 g/mol. The summed E-state index contributed by atoms with van der Waals surface area (Å²) in [7, 11) is 0. The van der Waals surface area contributed by atoms with Crippen LogP contribution in [0.25, 0.3) is 11.5 Å². The lowest BCUT2D eigenvalue weighted by molar-refractivity contribution is -0.117. The lowest BCUT2D eigenvalue weighted by atomic mass is 9.81. The van der Waals surface area contributed by atoms with E-state index in [0.29, 0.717) is 29.8 Å². The van der Waals surface area contributed by atoms with Crippen molar-refractivity contribution >= 4 is 22.4 Å². The highest BCUT2D eigenvalue weighted by Gasteiger charge is 2.40. The second-order valence-electron chi connectivity index (χ2n) is 6.97. The number of rotatable bonds is 5. The van der Waals surface area contributed by atoms with Gasteiger partial charge in [-0.2, -0.15) is 0 Å². The van der Waals surface area contributed by atoms with Gasteiger partial charge in [0.1, 0.15) is 11.3 Å². The van der Waals surface area contributed by atoms with Crippen LogP contribution < -0.4 is 5.32 Å². The van der Waals surface area contributed by atoms with E-state index in [1.807, 2.05) is 13.0 Å². The van der Waals surface area contributed by atoms with Crippen LogP contribution in [0.2, 0.25) is 0 Å². The lowest BCUT2D eigenvalue weighted by Gasteiger charge is -2.35. The zero-order chi connectivity index (χ0) is 17.4. The Labute approximate surface area is 150 Å². The van der Waals surface area contributed by atoms with E-state index in [9.17, 15) is 9.90 Å². The molecule has 1 aliphatic carbocycles. The molecule has 0 bridgehead atoms. The predicted molar refractivity (Wildman–Crippen MR) is 94.3 cm³/mol.